The lowest BCUT2D eigenvalue weighted by atomic mass is 10.2. The molecule has 0 radical (unpaired) electrons. The topological polar surface area (TPSA) is 110 Å². The zero-order chi connectivity index (χ0) is 18.3. The Morgan fingerprint density at radius 3 is 2.62 bits per heavy atom. The summed E-state index contributed by atoms with van der Waals surface area (Å²) < 4.78 is 24.9. The number of fused-ring (bicyclic) bond motifs is 1. The molecule has 0 bridgehead atoms. The van der Waals surface area contributed by atoms with Gasteiger partial charge in [0, 0.05) is 18.1 Å². The van der Waals surface area contributed by atoms with Crippen molar-refractivity contribution in [1.29, 1.82) is 0 Å². The number of aliphatic hydroxyl groups excluding tert-OH is 1. The van der Waals surface area contributed by atoms with Crippen LogP contribution in [0.5, 0.6) is 0 Å². The summed E-state index contributed by atoms with van der Waals surface area (Å²) in [4.78, 5) is 9.10. The maximum absolute atomic E-state index is 11.5. The molecule has 0 saturated heterocycles. The number of hydrogen-bond donors (Lipinski definition) is 2. The van der Waals surface area contributed by atoms with Crippen molar-refractivity contribution >= 4 is 32.5 Å². The van der Waals surface area contributed by atoms with Gasteiger partial charge < -0.3 is 10.4 Å². The van der Waals surface area contributed by atoms with Gasteiger partial charge in [-0.25, -0.2) is 18.1 Å². The second kappa shape index (κ2) is 6.33. The Bertz CT molecular complexity index is 1050. The minimum absolute atomic E-state index is 0.138. The smallest absolute Gasteiger partial charge is 0.229 e. The third-order valence-electron chi connectivity index (χ3n) is 4.60. The molecule has 26 heavy (non-hydrogen) atoms. The lowest BCUT2D eigenvalue weighted by molar-refractivity contribution is 0.177. The van der Waals surface area contributed by atoms with E-state index >= 15 is 0 Å². The number of nitrogens with one attached hydrogen (secondary N) is 1. The molecule has 3 aromatic rings. The first-order valence-electron chi connectivity index (χ1n) is 8.35. The van der Waals surface area contributed by atoms with Gasteiger partial charge in [-0.3, -0.25) is 0 Å². The molecule has 8 nitrogen and oxygen atoms in total. The van der Waals surface area contributed by atoms with E-state index in [0.717, 1.165) is 18.2 Å². The van der Waals surface area contributed by atoms with E-state index in [1.165, 1.54) is 6.26 Å². The molecular formula is C17H19N5O3S. The zero-order valence-corrected chi connectivity index (χ0v) is 15.0. The lowest BCUT2D eigenvalue weighted by Gasteiger charge is -2.11. The molecule has 2 N–H and O–H groups in total. The Morgan fingerprint density at radius 1 is 1.19 bits per heavy atom. The van der Waals surface area contributed by atoms with Crippen LogP contribution in [0.2, 0.25) is 0 Å². The van der Waals surface area contributed by atoms with Gasteiger partial charge in [-0.05, 0) is 43.5 Å². The van der Waals surface area contributed by atoms with Crippen LogP contribution in [0.15, 0.2) is 41.6 Å². The molecule has 0 aliphatic heterocycles. The Kier molecular flexibility index (Phi) is 4.12. The van der Waals surface area contributed by atoms with Crippen molar-refractivity contribution in [1.82, 2.24) is 19.7 Å². The molecule has 1 aromatic carbocycles. The van der Waals surface area contributed by atoms with Crippen molar-refractivity contribution in [2.24, 2.45) is 0 Å². The minimum atomic E-state index is -3.22. The van der Waals surface area contributed by atoms with Gasteiger partial charge in [-0.15, -0.1) is 0 Å². The fourth-order valence-corrected chi connectivity index (χ4v) is 3.86. The van der Waals surface area contributed by atoms with E-state index in [-0.39, 0.29) is 17.0 Å². The van der Waals surface area contributed by atoms with Crippen molar-refractivity contribution in [3.05, 3.63) is 36.7 Å². The quantitative estimate of drug-likeness (QED) is 0.720. The van der Waals surface area contributed by atoms with Gasteiger partial charge in [0.15, 0.2) is 15.5 Å². The molecule has 2 heterocycles. The molecule has 1 aliphatic rings. The van der Waals surface area contributed by atoms with E-state index in [0.29, 0.717) is 23.7 Å². The number of anilines is 2. The summed E-state index contributed by atoms with van der Waals surface area (Å²) in [6, 6.07) is 6.57. The molecule has 2 aromatic heterocycles. The molecule has 9 heteroatoms. The molecule has 0 amide bonds. The van der Waals surface area contributed by atoms with Gasteiger partial charge in [0.2, 0.25) is 5.95 Å². The number of aliphatic hydroxyl groups is 1. The highest BCUT2D eigenvalue weighted by Gasteiger charge is 2.26. The van der Waals surface area contributed by atoms with Gasteiger partial charge >= 0.3 is 0 Å². The lowest BCUT2D eigenvalue weighted by Crippen LogP contribution is -2.10. The van der Waals surface area contributed by atoms with Gasteiger partial charge in [0.1, 0.15) is 0 Å². The molecule has 1 aliphatic carbocycles. The first-order chi connectivity index (χ1) is 12.4. The van der Waals surface area contributed by atoms with Crippen LogP contribution < -0.4 is 5.32 Å². The molecule has 2 atom stereocenters. The van der Waals surface area contributed by atoms with E-state index < -0.39 is 9.84 Å². The van der Waals surface area contributed by atoms with Crippen molar-refractivity contribution in [3.8, 4) is 0 Å². The predicted molar refractivity (Wildman–Crippen MR) is 97.1 cm³/mol. The van der Waals surface area contributed by atoms with Crippen LogP contribution in [-0.4, -0.2) is 45.6 Å². The summed E-state index contributed by atoms with van der Waals surface area (Å²) >= 11 is 0. The minimum Gasteiger partial charge on any atom is -0.393 e. The standard InChI is InChI=1S/C17H19N5O3S/c1-26(24,25)15-6-2-12(3-7-15)20-17-18-9-11-10-19-22(16(11)21-17)13-4-5-14(23)8-13/h2-3,6-7,9-10,13-14,23H,4-5,8H2,1H3,(H,18,20,21)/t13?,14-/m1/s1. The predicted octanol–water partition coefficient (Wildman–Crippen LogP) is 2.06. The summed E-state index contributed by atoms with van der Waals surface area (Å²) in [5, 5.41) is 18.1. The molecule has 4 rings (SSSR count). The number of sulfone groups is 1. The molecule has 1 saturated carbocycles. The molecule has 0 spiro atoms. The number of benzene rings is 1. The Labute approximate surface area is 150 Å². The Hall–Kier alpha value is -2.52. The largest absolute Gasteiger partial charge is 0.393 e. The average molecular weight is 373 g/mol. The van der Waals surface area contributed by atoms with Crippen molar-refractivity contribution in [2.45, 2.75) is 36.3 Å². The summed E-state index contributed by atoms with van der Waals surface area (Å²) in [5.41, 5.74) is 1.41. The van der Waals surface area contributed by atoms with E-state index in [2.05, 4.69) is 20.4 Å². The summed E-state index contributed by atoms with van der Waals surface area (Å²) in [6.07, 6.45) is 6.64. The first-order valence-corrected chi connectivity index (χ1v) is 10.2. The van der Waals surface area contributed by atoms with Crippen molar-refractivity contribution < 1.29 is 13.5 Å². The Morgan fingerprint density at radius 2 is 1.96 bits per heavy atom. The second-order valence-corrected chi connectivity index (χ2v) is 8.62. The number of aromatic nitrogens is 4. The fraction of sp³-hybridized carbons (Fsp3) is 0.353. The molecule has 1 fully saturated rings. The van der Waals surface area contributed by atoms with E-state index in [1.807, 2.05) is 4.68 Å². The zero-order valence-electron chi connectivity index (χ0n) is 14.2. The first kappa shape index (κ1) is 16.9. The molecule has 1 unspecified atom stereocenters. The summed E-state index contributed by atoms with van der Waals surface area (Å²) in [5.74, 6) is 0.407. The summed E-state index contributed by atoms with van der Waals surface area (Å²) in [7, 11) is -3.22. The van der Waals surface area contributed by atoms with Gasteiger partial charge in [-0.1, -0.05) is 0 Å². The maximum atomic E-state index is 11.5. The third-order valence-corrected chi connectivity index (χ3v) is 5.72. The van der Waals surface area contributed by atoms with E-state index in [4.69, 9.17) is 0 Å². The number of nitrogens with zero attached hydrogens (tertiary/aromatic N) is 4. The number of hydrogen-bond acceptors (Lipinski definition) is 7. The summed E-state index contributed by atoms with van der Waals surface area (Å²) in [6.45, 7) is 0. The van der Waals surface area contributed by atoms with Crippen molar-refractivity contribution in [2.75, 3.05) is 11.6 Å². The van der Waals surface area contributed by atoms with Crippen molar-refractivity contribution in [3.63, 3.8) is 0 Å². The van der Waals surface area contributed by atoms with E-state index in [1.54, 1.807) is 36.7 Å². The maximum Gasteiger partial charge on any atom is 0.229 e. The van der Waals surface area contributed by atoms with Crippen LogP contribution in [0.1, 0.15) is 25.3 Å². The molecule has 136 valence electrons. The highest BCUT2D eigenvalue weighted by atomic mass is 32.2. The van der Waals surface area contributed by atoms with Crippen LogP contribution in [0.3, 0.4) is 0 Å². The number of rotatable bonds is 4. The monoisotopic (exact) mass is 373 g/mol. The normalized spacial score (nSPS) is 20.5. The highest BCUT2D eigenvalue weighted by Crippen LogP contribution is 2.31. The van der Waals surface area contributed by atoms with Crippen LogP contribution in [0.4, 0.5) is 11.6 Å². The second-order valence-electron chi connectivity index (χ2n) is 6.60. The van der Waals surface area contributed by atoms with Crippen LogP contribution >= 0.6 is 0 Å². The average Bonchev–Trinajstić information content (AvgIpc) is 3.20. The van der Waals surface area contributed by atoms with Gasteiger partial charge in [0.25, 0.3) is 0 Å². The molecular weight excluding hydrogens is 354 g/mol. The van der Waals surface area contributed by atoms with E-state index in [9.17, 15) is 13.5 Å². The SMILES string of the molecule is CS(=O)(=O)c1ccc(Nc2ncc3cnn(C4CC[C@@H](O)C4)c3n2)cc1. The third kappa shape index (κ3) is 3.27. The van der Waals surface area contributed by atoms with Crippen LogP contribution in [-0.2, 0) is 9.84 Å². The Balaban J connectivity index is 1.61. The van der Waals surface area contributed by atoms with Gasteiger partial charge in [0.05, 0.1) is 28.6 Å². The highest BCUT2D eigenvalue weighted by molar-refractivity contribution is 7.90. The fourth-order valence-electron chi connectivity index (χ4n) is 3.23. The van der Waals surface area contributed by atoms with Crippen LogP contribution in [0.25, 0.3) is 11.0 Å². The van der Waals surface area contributed by atoms with Gasteiger partial charge in [-0.2, -0.15) is 10.1 Å². The van der Waals surface area contributed by atoms with Crippen LogP contribution in [0, 0.1) is 0 Å².